The first kappa shape index (κ1) is 8.17. The predicted octanol–water partition coefficient (Wildman–Crippen LogP) is 0.0644. The fraction of sp³-hybridized carbons (Fsp3) is 0.500. The molecule has 0 spiro atoms. The SMILES string of the molecule is C=CCOCCC(N)=O. The van der Waals surface area contributed by atoms with Crippen LogP contribution in [0.5, 0.6) is 0 Å². The van der Waals surface area contributed by atoms with Gasteiger partial charge in [-0.15, -0.1) is 6.58 Å². The lowest BCUT2D eigenvalue weighted by Gasteiger charge is -1.95. The lowest BCUT2D eigenvalue weighted by Crippen LogP contribution is -2.13. The van der Waals surface area contributed by atoms with Gasteiger partial charge in [0.05, 0.1) is 13.2 Å². The van der Waals surface area contributed by atoms with Crippen molar-refractivity contribution in [3.8, 4) is 0 Å². The van der Waals surface area contributed by atoms with Gasteiger partial charge in [-0.05, 0) is 0 Å². The third-order valence-corrected chi connectivity index (χ3v) is 0.729. The molecule has 0 aromatic rings. The number of primary amides is 1. The lowest BCUT2D eigenvalue weighted by molar-refractivity contribution is -0.118. The molecular formula is C6H11NO2. The Kier molecular flexibility index (Phi) is 4.82. The summed E-state index contributed by atoms with van der Waals surface area (Å²) in [6, 6.07) is 0. The van der Waals surface area contributed by atoms with Crippen molar-refractivity contribution in [1.82, 2.24) is 0 Å². The molecule has 0 unspecified atom stereocenters. The molecule has 0 aliphatic heterocycles. The van der Waals surface area contributed by atoms with Gasteiger partial charge in [0.25, 0.3) is 0 Å². The molecule has 0 radical (unpaired) electrons. The van der Waals surface area contributed by atoms with Crippen molar-refractivity contribution in [2.75, 3.05) is 13.2 Å². The molecule has 0 aromatic heterocycles. The number of rotatable bonds is 5. The van der Waals surface area contributed by atoms with Crippen LogP contribution in [0.3, 0.4) is 0 Å². The number of carbonyl (C=O) groups excluding carboxylic acids is 1. The fourth-order valence-electron chi connectivity index (χ4n) is 0.339. The molecule has 1 amide bonds. The zero-order chi connectivity index (χ0) is 7.11. The molecule has 0 bridgehead atoms. The molecule has 0 saturated carbocycles. The molecule has 2 N–H and O–H groups in total. The van der Waals surface area contributed by atoms with Crippen molar-refractivity contribution in [2.24, 2.45) is 5.73 Å². The highest BCUT2D eigenvalue weighted by Crippen LogP contribution is 1.79. The summed E-state index contributed by atoms with van der Waals surface area (Å²) in [6.07, 6.45) is 1.91. The summed E-state index contributed by atoms with van der Waals surface area (Å²) in [5, 5.41) is 0. The Morgan fingerprint density at radius 1 is 1.78 bits per heavy atom. The minimum absolute atomic E-state index is 0.286. The van der Waals surface area contributed by atoms with Crippen molar-refractivity contribution in [2.45, 2.75) is 6.42 Å². The number of hydrogen-bond donors (Lipinski definition) is 1. The molecular weight excluding hydrogens is 118 g/mol. The molecule has 0 rings (SSSR count). The second-order valence-corrected chi connectivity index (χ2v) is 1.58. The van der Waals surface area contributed by atoms with E-state index in [2.05, 4.69) is 6.58 Å². The monoisotopic (exact) mass is 129 g/mol. The van der Waals surface area contributed by atoms with Gasteiger partial charge in [0, 0.05) is 6.42 Å². The van der Waals surface area contributed by atoms with E-state index in [-0.39, 0.29) is 12.3 Å². The highest BCUT2D eigenvalue weighted by Gasteiger charge is 1.90. The maximum atomic E-state index is 10.1. The maximum absolute atomic E-state index is 10.1. The van der Waals surface area contributed by atoms with E-state index in [1.165, 1.54) is 0 Å². The Labute approximate surface area is 54.5 Å². The van der Waals surface area contributed by atoms with E-state index in [0.717, 1.165) is 0 Å². The Morgan fingerprint density at radius 2 is 2.44 bits per heavy atom. The van der Waals surface area contributed by atoms with Crippen LogP contribution in [-0.4, -0.2) is 19.1 Å². The van der Waals surface area contributed by atoms with Gasteiger partial charge in [-0.3, -0.25) is 4.79 Å². The molecule has 0 heterocycles. The van der Waals surface area contributed by atoms with E-state index in [0.29, 0.717) is 13.2 Å². The zero-order valence-electron chi connectivity index (χ0n) is 5.30. The van der Waals surface area contributed by atoms with Crippen LogP contribution < -0.4 is 5.73 Å². The van der Waals surface area contributed by atoms with E-state index in [4.69, 9.17) is 10.5 Å². The van der Waals surface area contributed by atoms with Crippen molar-refractivity contribution in [3.63, 3.8) is 0 Å². The van der Waals surface area contributed by atoms with Gasteiger partial charge in [0.1, 0.15) is 0 Å². The topological polar surface area (TPSA) is 52.3 Å². The number of amides is 1. The summed E-state index contributed by atoms with van der Waals surface area (Å²) in [5.41, 5.74) is 4.83. The van der Waals surface area contributed by atoms with Gasteiger partial charge in [-0.2, -0.15) is 0 Å². The summed E-state index contributed by atoms with van der Waals surface area (Å²) in [7, 11) is 0. The van der Waals surface area contributed by atoms with Crippen LogP contribution in [0, 0.1) is 0 Å². The maximum Gasteiger partial charge on any atom is 0.219 e. The standard InChI is InChI=1S/C6H11NO2/c1-2-4-9-5-3-6(7)8/h2H,1,3-5H2,(H2,7,8). The molecule has 52 valence electrons. The molecule has 0 aliphatic rings. The van der Waals surface area contributed by atoms with Crippen LogP contribution in [0.15, 0.2) is 12.7 Å². The fourth-order valence-corrected chi connectivity index (χ4v) is 0.339. The normalized spacial score (nSPS) is 8.89. The van der Waals surface area contributed by atoms with Crippen LogP contribution in [0.4, 0.5) is 0 Å². The van der Waals surface area contributed by atoms with Crippen molar-refractivity contribution in [3.05, 3.63) is 12.7 Å². The van der Waals surface area contributed by atoms with Gasteiger partial charge >= 0.3 is 0 Å². The van der Waals surface area contributed by atoms with Crippen molar-refractivity contribution < 1.29 is 9.53 Å². The van der Waals surface area contributed by atoms with E-state index in [1.54, 1.807) is 6.08 Å². The van der Waals surface area contributed by atoms with E-state index >= 15 is 0 Å². The number of nitrogens with two attached hydrogens (primary N) is 1. The van der Waals surface area contributed by atoms with E-state index in [1.807, 2.05) is 0 Å². The van der Waals surface area contributed by atoms with Crippen LogP contribution in [0.1, 0.15) is 6.42 Å². The van der Waals surface area contributed by atoms with Crippen molar-refractivity contribution in [1.29, 1.82) is 0 Å². The summed E-state index contributed by atoms with van der Waals surface area (Å²) in [4.78, 5) is 10.1. The summed E-state index contributed by atoms with van der Waals surface area (Å²) in [6.45, 7) is 4.31. The van der Waals surface area contributed by atoms with Gasteiger partial charge in [-0.25, -0.2) is 0 Å². The summed E-state index contributed by atoms with van der Waals surface area (Å²) < 4.78 is 4.87. The smallest absolute Gasteiger partial charge is 0.219 e. The number of hydrogen-bond acceptors (Lipinski definition) is 2. The van der Waals surface area contributed by atoms with E-state index < -0.39 is 0 Å². The highest BCUT2D eigenvalue weighted by atomic mass is 16.5. The average Bonchev–Trinajstić information content (AvgIpc) is 1.80. The summed E-state index contributed by atoms with van der Waals surface area (Å²) >= 11 is 0. The first-order chi connectivity index (χ1) is 4.27. The van der Waals surface area contributed by atoms with Crippen LogP contribution >= 0.6 is 0 Å². The Hall–Kier alpha value is -0.830. The molecule has 0 atom stereocenters. The third-order valence-electron chi connectivity index (χ3n) is 0.729. The quantitative estimate of drug-likeness (QED) is 0.421. The minimum atomic E-state index is -0.334. The Balaban J connectivity index is 2.91. The lowest BCUT2D eigenvalue weighted by atomic mass is 10.4. The zero-order valence-corrected chi connectivity index (χ0v) is 5.30. The molecule has 3 nitrogen and oxygen atoms in total. The second kappa shape index (κ2) is 5.31. The largest absolute Gasteiger partial charge is 0.377 e. The molecule has 0 saturated heterocycles. The molecule has 0 aromatic carbocycles. The first-order valence-corrected chi connectivity index (χ1v) is 2.74. The van der Waals surface area contributed by atoms with Crippen LogP contribution in [0.25, 0.3) is 0 Å². The summed E-state index contributed by atoms with van der Waals surface area (Å²) in [5.74, 6) is -0.334. The number of ether oxygens (including phenoxy) is 1. The second-order valence-electron chi connectivity index (χ2n) is 1.58. The molecule has 0 fully saturated rings. The third kappa shape index (κ3) is 7.17. The predicted molar refractivity (Wildman–Crippen MR) is 34.8 cm³/mol. The van der Waals surface area contributed by atoms with E-state index in [9.17, 15) is 4.79 Å². The number of carbonyl (C=O) groups is 1. The van der Waals surface area contributed by atoms with Crippen molar-refractivity contribution >= 4 is 5.91 Å². The molecule has 0 aliphatic carbocycles. The van der Waals surface area contributed by atoms with Crippen LogP contribution in [-0.2, 0) is 9.53 Å². The minimum Gasteiger partial charge on any atom is -0.377 e. The van der Waals surface area contributed by atoms with Gasteiger partial charge in [0.2, 0.25) is 5.91 Å². The van der Waals surface area contributed by atoms with Gasteiger partial charge < -0.3 is 10.5 Å². The average molecular weight is 129 g/mol. The molecule has 9 heavy (non-hydrogen) atoms. The molecule has 3 heteroatoms. The van der Waals surface area contributed by atoms with Gasteiger partial charge in [-0.1, -0.05) is 6.08 Å². The first-order valence-electron chi connectivity index (χ1n) is 2.74. The van der Waals surface area contributed by atoms with Crippen LogP contribution in [0.2, 0.25) is 0 Å². The highest BCUT2D eigenvalue weighted by molar-refractivity contribution is 5.73. The Bertz CT molecular complexity index is 101. The Morgan fingerprint density at radius 3 is 2.89 bits per heavy atom. The van der Waals surface area contributed by atoms with Gasteiger partial charge in [0.15, 0.2) is 0 Å².